The molecule has 1 amide bonds. The molecule has 0 radical (unpaired) electrons. The lowest BCUT2D eigenvalue weighted by Gasteiger charge is -2.35. The maximum Gasteiger partial charge on any atom is 0.277 e. The first-order chi connectivity index (χ1) is 15.9. The molecule has 33 heavy (non-hydrogen) atoms. The van der Waals surface area contributed by atoms with E-state index in [1.807, 2.05) is 32.0 Å². The molecule has 0 bridgehead atoms. The molecule has 2 aliphatic rings. The number of phenols is 1. The molecule has 2 aliphatic heterocycles. The number of rotatable bonds is 4. The summed E-state index contributed by atoms with van der Waals surface area (Å²) in [6.45, 7) is 6.39. The van der Waals surface area contributed by atoms with Gasteiger partial charge in [-0.25, -0.2) is 9.50 Å². The third-order valence-corrected chi connectivity index (χ3v) is 6.86. The third-order valence-electron chi connectivity index (χ3n) is 6.86. The fourth-order valence-electron chi connectivity index (χ4n) is 5.15. The van der Waals surface area contributed by atoms with Gasteiger partial charge in [0.1, 0.15) is 5.75 Å². The van der Waals surface area contributed by atoms with Crippen molar-refractivity contribution in [2.45, 2.75) is 58.7 Å². The van der Waals surface area contributed by atoms with Crippen LogP contribution < -0.4 is 5.56 Å². The number of hydrogen-bond donors (Lipinski definition) is 2. The number of likely N-dealkylation sites (tertiary alicyclic amines) is 1. The van der Waals surface area contributed by atoms with Gasteiger partial charge in [0.15, 0.2) is 5.65 Å². The number of hydrogen-bond acceptors (Lipinski definition) is 5. The summed E-state index contributed by atoms with van der Waals surface area (Å²) in [7, 11) is 0. The Balaban J connectivity index is 1.46. The predicted molar refractivity (Wildman–Crippen MR) is 125 cm³/mol. The molecule has 1 aromatic carbocycles. The van der Waals surface area contributed by atoms with Crippen LogP contribution in [-0.4, -0.2) is 48.5 Å². The lowest BCUT2D eigenvalue weighted by atomic mass is 9.98. The molecule has 2 N–H and O–H groups in total. The second-order valence-electron chi connectivity index (χ2n) is 9.56. The van der Waals surface area contributed by atoms with Crippen molar-refractivity contribution in [1.82, 2.24) is 24.4 Å². The molecule has 1 atom stereocenters. The highest BCUT2D eigenvalue weighted by atomic mass is 16.3. The van der Waals surface area contributed by atoms with Crippen LogP contribution in [0.5, 0.6) is 5.75 Å². The number of H-pyrrole nitrogens is 1. The van der Waals surface area contributed by atoms with Crippen LogP contribution in [0, 0.1) is 5.92 Å². The molecule has 0 saturated carbocycles. The smallest absolute Gasteiger partial charge is 0.277 e. The molecule has 2 aromatic heterocycles. The zero-order valence-corrected chi connectivity index (χ0v) is 19.3. The summed E-state index contributed by atoms with van der Waals surface area (Å²) >= 11 is 0. The van der Waals surface area contributed by atoms with Crippen LogP contribution in [0.25, 0.3) is 5.65 Å². The van der Waals surface area contributed by atoms with Crippen LogP contribution in [-0.2, 0) is 24.3 Å². The summed E-state index contributed by atoms with van der Waals surface area (Å²) in [5.74, 6) is 0.256. The van der Waals surface area contributed by atoms with Crippen LogP contribution >= 0.6 is 0 Å². The SMILES string of the molecule is CC(C)C(=O)N1CCc2nc3cc([C@@H]4CCCCN4Cc4cccc(O)c4)[nH]n3c(=O)c2C1. The minimum Gasteiger partial charge on any atom is -0.508 e. The third kappa shape index (κ3) is 4.15. The summed E-state index contributed by atoms with van der Waals surface area (Å²) in [6.07, 6.45) is 3.85. The van der Waals surface area contributed by atoms with Gasteiger partial charge < -0.3 is 10.0 Å². The summed E-state index contributed by atoms with van der Waals surface area (Å²) in [5.41, 5.74) is 3.99. The molecule has 4 heterocycles. The van der Waals surface area contributed by atoms with Crippen molar-refractivity contribution >= 4 is 11.6 Å². The molecule has 0 spiro atoms. The summed E-state index contributed by atoms with van der Waals surface area (Å²) in [6, 6.07) is 9.54. The lowest BCUT2D eigenvalue weighted by molar-refractivity contribution is -0.135. The van der Waals surface area contributed by atoms with Crippen LogP contribution in [0.1, 0.15) is 61.7 Å². The number of phenolic OH excluding ortho intramolecular Hbond substituents is 1. The van der Waals surface area contributed by atoms with Gasteiger partial charge in [-0.2, -0.15) is 0 Å². The molecule has 174 valence electrons. The fraction of sp³-hybridized carbons (Fsp3) is 0.480. The lowest BCUT2D eigenvalue weighted by Crippen LogP contribution is -2.41. The Bertz CT molecular complexity index is 1240. The van der Waals surface area contributed by atoms with Crippen LogP contribution in [0.2, 0.25) is 0 Å². The van der Waals surface area contributed by atoms with E-state index in [0.29, 0.717) is 30.7 Å². The first kappa shape index (κ1) is 21.7. The largest absolute Gasteiger partial charge is 0.508 e. The van der Waals surface area contributed by atoms with E-state index in [2.05, 4.69) is 10.00 Å². The fourth-order valence-corrected chi connectivity index (χ4v) is 5.15. The number of aromatic nitrogens is 3. The van der Waals surface area contributed by atoms with Gasteiger partial charge in [0, 0.05) is 31.5 Å². The number of amides is 1. The Hall–Kier alpha value is -3.13. The number of benzene rings is 1. The van der Waals surface area contributed by atoms with E-state index in [1.165, 1.54) is 0 Å². The molecular weight excluding hydrogens is 418 g/mol. The summed E-state index contributed by atoms with van der Waals surface area (Å²) < 4.78 is 1.54. The first-order valence-electron chi connectivity index (χ1n) is 11.8. The van der Waals surface area contributed by atoms with Crippen molar-refractivity contribution in [3.63, 3.8) is 0 Å². The topological polar surface area (TPSA) is 93.9 Å². The second-order valence-corrected chi connectivity index (χ2v) is 9.56. The number of nitrogens with one attached hydrogen (secondary N) is 1. The van der Waals surface area contributed by atoms with Gasteiger partial charge >= 0.3 is 0 Å². The monoisotopic (exact) mass is 449 g/mol. The van der Waals surface area contributed by atoms with Gasteiger partial charge in [-0.1, -0.05) is 32.4 Å². The van der Waals surface area contributed by atoms with Gasteiger partial charge in [-0.15, -0.1) is 0 Å². The molecule has 0 aliphatic carbocycles. The van der Waals surface area contributed by atoms with Gasteiger partial charge in [0.25, 0.3) is 5.56 Å². The van der Waals surface area contributed by atoms with Gasteiger partial charge in [0.2, 0.25) is 5.91 Å². The van der Waals surface area contributed by atoms with Gasteiger partial charge in [-0.3, -0.25) is 19.6 Å². The number of carbonyl (C=O) groups is 1. The minimum atomic E-state index is -0.113. The highest BCUT2D eigenvalue weighted by molar-refractivity contribution is 5.78. The van der Waals surface area contributed by atoms with Gasteiger partial charge in [0.05, 0.1) is 29.5 Å². The Kier molecular flexibility index (Phi) is 5.70. The van der Waals surface area contributed by atoms with E-state index < -0.39 is 0 Å². The number of piperidine rings is 1. The zero-order chi connectivity index (χ0) is 23.1. The van der Waals surface area contributed by atoms with Crippen molar-refractivity contribution in [1.29, 1.82) is 0 Å². The number of nitrogens with zero attached hydrogens (tertiary/aromatic N) is 4. The Labute approximate surface area is 192 Å². The van der Waals surface area contributed by atoms with Crippen molar-refractivity contribution in [3.05, 3.63) is 63.2 Å². The summed E-state index contributed by atoms with van der Waals surface area (Å²) in [5, 5.41) is 13.2. The summed E-state index contributed by atoms with van der Waals surface area (Å²) in [4.78, 5) is 34.8. The number of fused-ring (bicyclic) bond motifs is 2. The second kappa shape index (κ2) is 8.67. The quantitative estimate of drug-likeness (QED) is 0.639. The van der Waals surface area contributed by atoms with E-state index in [9.17, 15) is 14.7 Å². The Morgan fingerprint density at radius 1 is 1.24 bits per heavy atom. The minimum absolute atomic E-state index is 0.0714. The molecule has 8 nitrogen and oxygen atoms in total. The molecule has 1 saturated heterocycles. The normalized spacial score (nSPS) is 19.2. The molecule has 1 fully saturated rings. The van der Waals surface area contributed by atoms with Gasteiger partial charge in [-0.05, 0) is 37.1 Å². The van der Waals surface area contributed by atoms with E-state index in [4.69, 9.17) is 4.98 Å². The Morgan fingerprint density at radius 3 is 2.88 bits per heavy atom. The van der Waals surface area contributed by atoms with Crippen LogP contribution in [0.15, 0.2) is 35.1 Å². The zero-order valence-electron chi connectivity index (χ0n) is 19.3. The van der Waals surface area contributed by atoms with E-state index >= 15 is 0 Å². The van der Waals surface area contributed by atoms with Crippen molar-refractivity contribution in [3.8, 4) is 5.75 Å². The molecule has 0 unspecified atom stereocenters. The highest BCUT2D eigenvalue weighted by Crippen LogP contribution is 2.32. The predicted octanol–water partition coefficient (Wildman–Crippen LogP) is 3.00. The Morgan fingerprint density at radius 2 is 2.09 bits per heavy atom. The van der Waals surface area contributed by atoms with E-state index in [0.717, 1.165) is 49.3 Å². The van der Waals surface area contributed by atoms with Crippen molar-refractivity contribution in [2.24, 2.45) is 5.92 Å². The standard InChI is InChI=1S/C25H31N5O3/c1-16(2)24(32)29-11-9-20-19(15-29)25(33)30-23(26-20)13-21(27-30)22-8-3-4-10-28(22)14-17-6-5-7-18(31)12-17/h5-7,12-13,16,22,27,31H,3-4,8-11,14-15H2,1-2H3/t22-/m0/s1. The molecule has 3 aromatic rings. The maximum absolute atomic E-state index is 13.3. The van der Waals surface area contributed by atoms with Crippen molar-refractivity contribution in [2.75, 3.05) is 13.1 Å². The highest BCUT2D eigenvalue weighted by Gasteiger charge is 2.29. The molecule has 5 rings (SSSR count). The molecular formula is C25H31N5O3. The molecule has 8 heteroatoms. The number of carbonyl (C=O) groups excluding carboxylic acids is 1. The average Bonchev–Trinajstić information content (AvgIpc) is 3.23. The van der Waals surface area contributed by atoms with Crippen LogP contribution in [0.4, 0.5) is 0 Å². The number of aromatic hydroxyl groups is 1. The van der Waals surface area contributed by atoms with Crippen molar-refractivity contribution < 1.29 is 9.90 Å². The van der Waals surface area contributed by atoms with E-state index in [1.54, 1.807) is 21.5 Å². The van der Waals surface area contributed by atoms with E-state index in [-0.39, 0.29) is 29.2 Å². The number of aromatic amines is 1. The first-order valence-corrected chi connectivity index (χ1v) is 11.8. The average molecular weight is 450 g/mol. The van der Waals surface area contributed by atoms with Crippen LogP contribution in [0.3, 0.4) is 0 Å². The maximum atomic E-state index is 13.3.